The second-order valence-electron chi connectivity index (χ2n) is 3.08. The van der Waals surface area contributed by atoms with Crippen molar-refractivity contribution in [2.24, 2.45) is 0 Å². The molecule has 80 valence electrons. The number of H-pyrrole nitrogens is 2. The van der Waals surface area contributed by atoms with E-state index in [0.29, 0.717) is 5.69 Å². The van der Waals surface area contributed by atoms with Crippen LogP contribution in [0.5, 0.6) is 0 Å². The number of aliphatic carboxylic acids is 1. The third kappa shape index (κ3) is 2.43. The van der Waals surface area contributed by atoms with Gasteiger partial charge in [-0.15, -0.1) is 0 Å². The highest BCUT2D eigenvalue weighted by Gasteiger charge is 2.06. The van der Waals surface area contributed by atoms with Crippen LogP contribution in [-0.2, 0) is 4.79 Å². The van der Waals surface area contributed by atoms with Gasteiger partial charge in [-0.1, -0.05) is 0 Å². The van der Waals surface area contributed by atoms with Crippen molar-refractivity contribution in [3.63, 3.8) is 0 Å². The van der Waals surface area contributed by atoms with Crippen LogP contribution in [0.2, 0.25) is 0 Å². The number of aromatic amines is 2. The predicted octanol–water partition coefficient (Wildman–Crippen LogP) is -0.140. The fourth-order valence-corrected chi connectivity index (χ4v) is 1.06. The molecule has 15 heavy (non-hydrogen) atoms. The Morgan fingerprint density at radius 2 is 1.93 bits per heavy atom. The van der Waals surface area contributed by atoms with E-state index in [1.54, 1.807) is 0 Å². The van der Waals surface area contributed by atoms with Gasteiger partial charge >= 0.3 is 11.7 Å². The molecule has 0 amide bonds. The molecule has 0 spiro atoms. The zero-order chi connectivity index (χ0) is 11.6. The van der Waals surface area contributed by atoms with Crippen LogP contribution in [0.4, 0.5) is 0 Å². The second-order valence-corrected chi connectivity index (χ2v) is 3.08. The van der Waals surface area contributed by atoms with Crippen molar-refractivity contribution in [2.75, 3.05) is 0 Å². The number of carboxylic acids is 1. The second kappa shape index (κ2) is 3.95. The minimum Gasteiger partial charge on any atom is -0.478 e. The first-order valence-corrected chi connectivity index (χ1v) is 4.16. The van der Waals surface area contributed by atoms with E-state index in [1.807, 2.05) is 4.98 Å². The Morgan fingerprint density at radius 1 is 1.33 bits per heavy atom. The van der Waals surface area contributed by atoms with Crippen LogP contribution in [0.15, 0.2) is 15.2 Å². The molecule has 1 aromatic rings. The van der Waals surface area contributed by atoms with Crippen molar-refractivity contribution < 1.29 is 9.90 Å². The molecule has 0 fully saturated rings. The Balaban J connectivity index is 3.40. The molecule has 1 heterocycles. The highest BCUT2D eigenvalue weighted by Crippen LogP contribution is 2.03. The maximum absolute atomic E-state index is 11.3. The summed E-state index contributed by atoms with van der Waals surface area (Å²) in [4.78, 5) is 37.1. The molecule has 0 aromatic carbocycles. The van der Waals surface area contributed by atoms with Gasteiger partial charge in [0.05, 0.1) is 5.56 Å². The maximum atomic E-state index is 11.3. The number of rotatable bonds is 2. The molecule has 0 aliphatic heterocycles. The molecule has 0 unspecified atom stereocenters. The smallest absolute Gasteiger partial charge is 0.331 e. The molecular weight excluding hydrogens is 200 g/mol. The fraction of sp³-hybridized carbons (Fsp3) is 0.222. The average Bonchev–Trinajstić information content (AvgIpc) is 2.10. The Hall–Kier alpha value is -2.11. The van der Waals surface area contributed by atoms with Crippen LogP contribution in [0, 0.1) is 6.92 Å². The molecular formula is C9H10N2O4. The Kier molecular flexibility index (Phi) is 2.89. The standard InChI is InChI=1S/C9H10N2O4/c1-4(8(13)14)3-6-5(2)10-9(15)11-7(6)12/h3H,1-2H3,(H,13,14)(H2,10,11,12,15)/b4-3-. The Labute approximate surface area is 84.3 Å². The van der Waals surface area contributed by atoms with E-state index in [2.05, 4.69) is 4.98 Å². The number of hydrogen-bond donors (Lipinski definition) is 3. The van der Waals surface area contributed by atoms with Gasteiger partial charge in [0.1, 0.15) is 0 Å². The van der Waals surface area contributed by atoms with Crippen LogP contribution in [0.1, 0.15) is 18.2 Å². The predicted molar refractivity (Wildman–Crippen MR) is 53.7 cm³/mol. The highest BCUT2D eigenvalue weighted by atomic mass is 16.4. The van der Waals surface area contributed by atoms with Crippen molar-refractivity contribution >= 4 is 12.0 Å². The van der Waals surface area contributed by atoms with Gasteiger partial charge in [0.25, 0.3) is 5.56 Å². The van der Waals surface area contributed by atoms with E-state index in [4.69, 9.17) is 5.11 Å². The summed E-state index contributed by atoms with van der Waals surface area (Å²) in [6, 6.07) is 0. The maximum Gasteiger partial charge on any atom is 0.331 e. The van der Waals surface area contributed by atoms with E-state index >= 15 is 0 Å². The quantitative estimate of drug-likeness (QED) is 0.591. The van der Waals surface area contributed by atoms with Crippen LogP contribution < -0.4 is 11.2 Å². The van der Waals surface area contributed by atoms with Gasteiger partial charge in [0.2, 0.25) is 0 Å². The topological polar surface area (TPSA) is 103 Å². The van der Waals surface area contributed by atoms with E-state index in [1.165, 1.54) is 19.9 Å². The molecule has 0 aliphatic carbocycles. The Bertz CT molecular complexity index is 536. The first kappa shape index (κ1) is 11.0. The molecule has 6 nitrogen and oxygen atoms in total. The number of aromatic nitrogens is 2. The minimum absolute atomic E-state index is 0.0237. The lowest BCUT2D eigenvalue weighted by molar-refractivity contribution is -0.132. The SMILES string of the molecule is C/C(=C/c1c(C)[nH]c(=O)[nH]c1=O)C(=O)O. The highest BCUT2D eigenvalue weighted by molar-refractivity contribution is 5.91. The lowest BCUT2D eigenvalue weighted by Crippen LogP contribution is -2.25. The van der Waals surface area contributed by atoms with Gasteiger partial charge < -0.3 is 10.1 Å². The van der Waals surface area contributed by atoms with Gasteiger partial charge in [-0.3, -0.25) is 9.78 Å². The summed E-state index contributed by atoms with van der Waals surface area (Å²) in [7, 11) is 0. The molecule has 1 aromatic heterocycles. The first-order chi connectivity index (χ1) is 6.91. The zero-order valence-corrected chi connectivity index (χ0v) is 8.25. The summed E-state index contributed by atoms with van der Waals surface area (Å²) in [5, 5.41) is 8.63. The molecule has 3 N–H and O–H groups in total. The van der Waals surface area contributed by atoms with Crippen molar-refractivity contribution in [3.8, 4) is 0 Å². The summed E-state index contributed by atoms with van der Waals surface area (Å²) in [5.41, 5.74) is -0.700. The Morgan fingerprint density at radius 3 is 2.40 bits per heavy atom. The third-order valence-corrected chi connectivity index (χ3v) is 1.87. The van der Waals surface area contributed by atoms with Crippen LogP contribution in [-0.4, -0.2) is 21.0 Å². The number of carbonyl (C=O) groups is 1. The van der Waals surface area contributed by atoms with Crippen LogP contribution in [0.25, 0.3) is 6.08 Å². The van der Waals surface area contributed by atoms with Crippen LogP contribution in [0.3, 0.4) is 0 Å². The number of nitrogens with one attached hydrogen (secondary N) is 2. The number of carboxylic acid groups (broad SMARTS) is 1. The summed E-state index contributed by atoms with van der Waals surface area (Å²) in [5.74, 6) is -1.11. The third-order valence-electron chi connectivity index (χ3n) is 1.87. The lowest BCUT2D eigenvalue weighted by atomic mass is 10.1. The van der Waals surface area contributed by atoms with Gasteiger partial charge in [-0.05, 0) is 19.9 Å². The average molecular weight is 210 g/mol. The van der Waals surface area contributed by atoms with Gasteiger partial charge in [0.15, 0.2) is 0 Å². The molecule has 6 heteroatoms. The molecule has 0 saturated heterocycles. The van der Waals surface area contributed by atoms with Crippen LogP contribution >= 0.6 is 0 Å². The van der Waals surface area contributed by atoms with E-state index < -0.39 is 17.2 Å². The largest absolute Gasteiger partial charge is 0.478 e. The molecule has 0 atom stereocenters. The summed E-state index contributed by atoms with van der Waals surface area (Å²) >= 11 is 0. The molecule has 0 aliphatic rings. The summed E-state index contributed by atoms with van der Waals surface area (Å²) < 4.78 is 0. The zero-order valence-electron chi connectivity index (χ0n) is 8.25. The number of aryl methyl sites for hydroxylation is 1. The normalized spacial score (nSPS) is 11.5. The fourth-order valence-electron chi connectivity index (χ4n) is 1.06. The molecule has 0 radical (unpaired) electrons. The monoisotopic (exact) mass is 210 g/mol. The van der Waals surface area contributed by atoms with E-state index in [9.17, 15) is 14.4 Å². The summed E-state index contributed by atoms with van der Waals surface area (Å²) in [6.07, 6.45) is 1.21. The lowest BCUT2D eigenvalue weighted by Gasteiger charge is -1.98. The molecule has 1 rings (SSSR count). The van der Waals surface area contributed by atoms with Crippen molar-refractivity contribution in [1.82, 2.24) is 9.97 Å². The van der Waals surface area contributed by atoms with Crippen molar-refractivity contribution in [2.45, 2.75) is 13.8 Å². The van der Waals surface area contributed by atoms with E-state index in [-0.39, 0.29) is 11.1 Å². The van der Waals surface area contributed by atoms with Gasteiger partial charge in [-0.2, -0.15) is 0 Å². The van der Waals surface area contributed by atoms with Crippen molar-refractivity contribution in [1.29, 1.82) is 0 Å². The first-order valence-electron chi connectivity index (χ1n) is 4.16. The van der Waals surface area contributed by atoms with Crippen molar-refractivity contribution in [3.05, 3.63) is 37.7 Å². The number of hydrogen-bond acceptors (Lipinski definition) is 3. The van der Waals surface area contributed by atoms with E-state index in [0.717, 1.165) is 0 Å². The van der Waals surface area contributed by atoms with Gasteiger partial charge in [-0.25, -0.2) is 9.59 Å². The molecule has 0 saturated carbocycles. The molecule has 0 bridgehead atoms. The van der Waals surface area contributed by atoms with Gasteiger partial charge in [0, 0.05) is 11.3 Å². The summed E-state index contributed by atoms with van der Waals surface area (Å²) in [6.45, 7) is 2.89. The minimum atomic E-state index is -1.11.